The molecule has 1 amide bonds. The third-order valence-electron chi connectivity index (χ3n) is 5.94. The lowest BCUT2D eigenvalue weighted by atomic mass is 10.00. The molecule has 144 valence electrons. The van der Waals surface area contributed by atoms with Crippen molar-refractivity contribution in [1.29, 1.82) is 0 Å². The van der Waals surface area contributed by atoms with Gasteiger partial charge in [-0.15, -0.1) is 10.2 Å². The molecule has 2 fully saturated rings. The maximum atomic E-state index is 12.7. The van der Waals surface area contributed by atoms with Gasteiger partial charge in [0, 0.05) is 38.4 Å². The molecule has 1 unspecified atom stereocenters. The van der Waals surface area contributed by atoms with Gasteiger partial charge in [-0.3, -0.25) is 14.3 Å². The minimum atomic E-state index is -0.226. The van der Waals surface area contributed by atoms with Crippen LogP contribution in [0.5, 0.6) is 0 Å². The number of fused-ring (bicyclic) bond motifs is 1. The monoisotopic (exact) mass is 368 g/mol. The van der Waals surface area contributed by atoms with Crippen LogP contribution in [0.25, 0.3) is 0 Å². The Morgan fingerprint density at radius 3 is 2.78 bits per heavy atom. The number of amides is 1. The zero-order chi connectivity index (χ0) is 19.0. The van der Waals surface area contributed by atoms with Crippen molar-refractivity contribution < 1.29 is 4.79 Å². The predicted molar refractivity (Wildman–Crippen MR) is 106 cm³/mol. The van der Waals surface area contributed by atoms with Gasteiger partial charge in [-0.2, -0.15) is 0 Å². The number of carbonyl (C=O) groups excluding carboxylic acids is 1. The first-order valence-corrected chi connectivity index (χ1v) is 9.80. The molecule has 2 aliphatic rings. The molecule has 0 aliphatic carbocycles. The van der Waals surface area contributed by atoms with Crippen LogP contribution in [0.2, 0.25) is 0 Å². The fourth-order valence-electron chi connectivity index (χ4n) is 4.14. The number of aryl methyl sites for hydroxylation is 2. The number of piperazine rings is 1. The number of carbonyl (C=O) groups is 1. The highest BCUT2D eigenvalue weighted by Crippen LogP contribution is 2.24. The number of aromatic nitrogens is 3. The minimum Gasteiger partial charge on any atom is -0.338 e. The van der Waals surface area contributed by atoms with Gasteiger partial charge in [0.1, 0.15) is 0 Å². The molecule has 3 heterocycles. The van der Waals surface area contributed by atoms with Crippen LogP contribution in [0.4, 0.5) is 11.6 Å². The van der Waals surface area contributed by atoms with Crippen molar-refractivity contribution in [3.05, 3.63) is 35.2 Å². The molecule has 0 bridgehead atoms. The van der Waals surface area contributed by atoms with E-state index in [2.05, 4.69) is 32.2 Å². The van der Waals surface area contributed by atoms with Gasteiger partial charge in [-0.25, -0.2) is 0 Å². The summed E-state index contributed by atoms with van der Waals surface area (Å²) in [5.41, 5.74) is 3.14. The molecular formula is C20H28N6O. The Morgan fingerprint density at radius 1 is 1.11 bits per heavy atom. The molecule has 0 radical (unpaired) electrons. The lowest BCUT2D eigenvalue weighted by Crippen LogP contribution is -2.55. The Kier molecular flexibility index (Phi) is 4.86. The molecule has 2 saturated heterocycles. The van der Waals surface area contributed by atoms with Gasteiger partial charge in [0.05, 0.1) is 0 Å². The van der Waals surface area contributed by atoms with Crippen molar-refractivity contribution in [2.24, 2.45) is 7.05 Å². The minimum absolute atomic E-state index is 0.226. The molecule has 7 nitrogen and oxygen atoms in total. The van der Waals surface area contributed by atoms with Crippen LogP contribution in [-0.4, -0.2) is 57.8 Å². The molecule has 2 aromatic rings. The van der Waals surface area contributed by atoms with E-state index in [0.717, 1.165) is 36.8 Å². The average molecular weight is 368 g/mol. The summed E-state index contributed by atoms with van der Waals surface area (Å²) < 4.78 is 1.81. The number of benzene rings is 1. The van der Waals surface area contributed by atoms with Crippen LogP contribution in [-0.2, 0) is 7.05 Å². The number of nitrogens with zero attached hydrogens (tertiary/aromatic N) is 5. The molecule has 1 aromatic heterocycles. The van der Waals surface area contributed by atoms with Crippen LogP contribution in [0.15, 0.2) is 18.2 Å². The highest BCUT2D eigenvalue weighted by molar-refractivity contribution is 6.02. The zero-order valence-electron chi connectivity index (χ0n) is 16.4. The maximum absolute atomic E-state index is 12.7. The SMILES string of the molecule is Cc1ccc(NC(=O)c2nnc(N3CCN4CCCCC4C3)n2C)cc1C. The summed E-state index contributed by atoms with van der Waals surface area (Å²) in [5.74, 6) is 0.899. The first kappa shape index (κ1) is 18.0. The molecule has 7 heteroatoms. The van der Waals surface area contributed by atoms with E-state index in [4.69, 9.17) is 0 Å². The molecule has 1 N–H and O–H groups in total. The molecule has 1 aromatic carbocycles. The zero-order valence-corrected chi connectivity index (χ0v) is 16.4. The van der Waals surface area contributed by atoms with Crippen LogP contribution < -0.4 is 10.2 Å². The molecular weight excluding hydrogens is 340 g/mol. The second-order valence-electron chi connectivity index (χ2n) is 7.77. The first-order valence-electron chi connectivity index (χ1n) is 9.80. The number of anilines is 2. The number of hydrogen-bond donors (Lipinski definition) is 1. The predicted octanol–water partition coefficient (Wildman–Crippen LogP) is 2.36. The van der Waals surface area contributed by atoms with E-state index < -0.39 is 0 Å². The van der Waals surface area contributed by atoms with Gasteiger partial charge in [0.2, 0.25) is 11.8 Å². The normalized spacial score (nSPS) is 20.4. The third kappa shape index (κ3) is 3.56. The van der Waals surface area contributed by atoms with E-state index in [1.165, 1.54) is 31.4 Å². The van der Waals surface area contributed by atoms with Gasteiger partial charge in [-0.05, 0) is 56.5 Å². The van der Waals surface area contributed by atoms with E-state index in [1.807, 2.05) is 36.7 Å². The van der Waals surface area contributed by atoms with Crippen LogP contribution >= 0.6 is 0 Å². The van der Waals surface area contributed by atoms with Crippen molar-refractivity contribution in [1.82, 2.24) is 19.7 Å². The molecule has 0 saturated carbocycles. The van der Waals surface area contributed by atoms with E-state index >= 15 is 0 Å². The summed E-state index contributed by atoms with van der Waals surface area (Å²) in [5, 5.41) is 11.4. The number of hydrogen-bond acceptors (Lipinski definition) is 5. The van der Waals surface area contributed by atoms with Gasteiger partial charge >= 0.3 is 0 Å². The second-order valence-corrected chi connectivity index (χ2v) is 7.77. The van der Waals surface area contributed by atoms with Crippen LogP contribution in [0, 0.1) is 13.8 Å². The lowest BCUT2D eigenvalue weighted by molar-refractivity contribution is 0.101. The number of rotatable bonds is 3. The lowest BCUT2D eigenvalue weighted by Gasteiger charge is -2.44. The Hall–Kier alpha value is -2.41. The summed E-state index contributed by atoms with van der Waals surface area (Å²) >= 11 is 0. The largest absolute Gasteiger partial charge is 0.338 e. The van der Waals surface area contributed by atoms with E-state index in [0.29, 0.717) is 11.9 Å². The fourth-order valence-corrected chi connectivity index (χ4v) is 4.14. The Balaban J connectivity index is 1.48. The fraction of sp³-hybridized carbons (Fsp3) is 0.550. The van der Waals surface area contributed by atoms with Crippen molar-refractivity contribution in [2.45, 2.75) is 39.2 Å². The molecule has 4 rings (SSSR count). The molecule has 0 spiro atoms. The smallest absolute Gasteiger partial charge is 0.293 e. The third-order valence-corrected chi connectivity index (χ3v) is 5.94. The van der Waals surface area contributed by atoms with Crippen LogP contribution in [0.3, 0.4) is 0 Å². The average Bonchev–Trinajstić information content (AvgIpc) is 3.06. The first-order chi connectivity index (χ1) is 13.0. The van der Waals surface area contributed by atoms with Crippen molar-refractivity contribution in [3.8, 4) is 0 Å². The maximum Gasteiger partial charge on any atom is 0.293 e. The summed E-state index contributed by atoms with van der Waals surface area (Å²) in [6.07, 6.45) is 3.86. The summed E-state index contributed by atoms with van der Waals surface area (Å²) in [7, 11) is 1.87. The van der Waals surface area contributed by atoms with Crippen molar-refractivity contribution in [3.63, 3.8) is 0 Å². The van der Waals surface area contributed by atoms with Crippen LogP contribution in [0.1, 0.15) is 41.0 Å². The molecule has 27 heavy (non-hydrogen) atoms. The molecule has 1 atom stereocenters. The van der Waals surface area contributed by atoms with Crippen molar-refractivity contribution in [2.75, 3.05) is 36.4 Å². The van der Waals surface area contributed by atoms with Gasteiger partial charge in [0.25, 0.3) is 5.91 Å². The van der Waals surface area contributed by atoms with E-state index in [9.17, 15) is 4.79 Å². The van der Waals surface area contributed by atoms with E-state index in [-0.39, 0.29) is 5.91 Å². The quantitative estimate of drug-likeness (QED) is 0.901. The van der Waals surface area contributed by atoms with Gasteiger partial charge in [0.15, 0.2) is 0 Å². The van der Waals surface area contributed by atoms with Gasteiger partial charge < -0.3 is 10.2 Å². The van der Waals surface area contributed by atoms with Crippen molar-refractivity contribution >= 4 is 17.5 Å². The highest BCUT2D eigenvalue weighted by atomic mass is 16.2. The topological polar surface area (TPSA) is 66.3 Å². The molecule has 2 aliphatic heterocycles. The second kappa shape index (κ2) is 7.31. The standard InChI is InChI=1S/C20H28N6O/c1-14-7-8-16(12-15(14)2)21-19(27)18-22-23-20(24(18)3)26-11-10-25-9-5-4-6-17(25)13-26/h7-8,12,17H,4-6,9-11,13H2,1-3H3,(H,21,27). The number of piperidine rings is 1. The van der Waals surface area contributed by atoms with Gasteiger partial charge in [-0.1, -0.05) is 12.5 Å². The van der Waals surface area contributed by atoms with E-state index in [1.54, 1.807) is 0 Å². The highest BCUT2D eigenvalue weighted by Gasteiger charge is 2.31. The Morgan fingerprint density at radius 2 is 1.96 bits per heavy atom. The number of nitrogens with one attached hydrogen (secondary N) is 1. The summed E-state index contributed by atoms with van der Waals surface area (Å²) in [6, 6.07) is 6.50. The summed E-state index contributed by atoms with van der Waals surface area (Å²) in [4.78, 5) is 17.6. The Bertz CT molecular complexity index is 845. The summed E-state index contributed by atoms with van der Waals surface area (Å²) in [6.45, 7) is 8.26. The Labute approximate surface area is 160 Å².